The maximum absolute atomic E-state index is 12.1. The molecule has 0 saturated carbocycles. The van der Waals surface area contributed by atoms with Gasteiger partial charge in [-0.3, -0.25) is 9.69 Å². The van der Waals surface area contributed by atoms with E-state index in [1.807, 2.05) is 18.2 Å². The van der Waals surface area contributed by atoms with Crippen LogP contribution in [0.15, 0.2) is 24.3 Å². The van der Waals surface area contributed by atoms with E-state index in [9.17, 15) is 4.79 Å². The average Bonchev–Trinajstić information content (AvgIpc) is 2.79. The Morgan fingerprint density at radius 3 is 2.95 bits per heavy atom. The SMILES string of the molecule is CCc1cccc(NC(=O)CN2CC(CN)CC2C)c1. The first-order chi connectivity index (χ1) is 9.62. The van der Waals surface area contributed by atoms with Gasteiger partial charge in [0.15, 0.2) is 0 Å². The van der Waals surface area contributed by atoms with Crippen LogP contribution < -0.4 is 11.1 Å². The summed E-state index contributed by atoms with van der Waals surface area (Å²) in [6, 6.07) is 8.47. The summed E-state index contributed by atoms with van der Waals surface area (Å²) in [4.78, 5) is 14.3. The molecule has 1 aliphatic rings. The molecule has 2 rings (SSSR count). The van der Waals surface area contributed by atoms with Gasteiger partial charge in [-0.05, 0) is 49.9 Å². The number of hydrogen-bond acceptors (Lipinski definition) is 3. The molecule has 1 aromatic rings. The van der Waals surface area contributed by atoms with Gasteiger partial charge >= 0.3 is 0 Å². The molecule has 2 unspecified atom stereocenters. The van der Waals surface area contributed by atoms with E-state index in [0.717, 1.165) is 25.1 Å². The summed E-state index contributed by atoms with van der Waals surface area (Å²) in [6.07, 6.45) is 2.07. The van der Waals surface area contributed by atoms with Crippen molar-refractivity contribution in [1.82, 2.24) is 4.90 Å². The third-order valence-corrected chi connectivity index (χ3v) is 4.09. The van der Waals surface area contributed by atoms with Crippen molar-refractivity contribution in [1.29, 1.82) is 0 Å². The van der Waals surface area contributed by atoms with E-state index in [1.54, 1.807) is 0 Å². The molecule has 2 atom stereocenters. The van der Waals surface area contributed by atoms with Crippen molar-refractivity contribution >= 4 is 11.6 Å². The Morgan fingerprint density at radius 2 is 2.30 bits per heavy atom. The Balaban J connectivity index is 1.89. The van der Waals surface area contributed by atoms with Crippen molar-refractivity contribution < 1.29 is 4.79 Å². The molecule has 1 amide bonds. The predicted molar refractivity (Wildman–Crippen MR) is 82.6 cm³/mol. The molecule has 1 heterocycles. The summed E-state index contributed by atoms with van der Waals surface area (Å²) >= 11 is 0. The number of carbonyl (C=O) groups is 1. The minimum absolute atomic E-state index is 0.0581. The highest BCUT2D eigenvalue weighted by Crippen LogP contribution is 2.21. The van der Waals surface area contributed by atoms with Crippen LogP contribution in [-0.2, 0) is 11.2 Å². The second kappa shape index (κ2) is 6.86. The van der Waals surface area contributed by atoms with Gasteiger partial charge < -0.3 is 11.1 Å². The van der Waals surface area contributed by atoms with E-state index in [2.05, 4.69) is 30.1 Å². The van der Waals surface area contributed by atoms with Crippen molar-refractivity contribution in [2.75, 3.05) is 25.0 Å². The largest absolute Gasteiger partial charge is 0.330 e. The van der Waals surface area contributed by atoms with Gasteiger partial charge in [-0.15, -0.1) is 0 Å². The number of benzene rings is 1. The fourth-order valence-corrected chi connectivity index (χ4v) is 2.86. The lowest BCUT2D eigenvalue weighted by Gasteiger charge is -2.20. The first-order valence-corrected chi connectivity index (χ1v) is 7.45. The zero-order chi connectivity index (χ0) is 14.5. The van der Waals surface area contributed by atoms with Gasteiger partial charge in [-0.25, -0.2) is 0 Å². The first kappa shape index (κ1) is 15.0. The molecular formula is C16H25N3O. The number of rotatable bonds is 5. The number of nitrogens with two attached hydrogens (primary N) is 1. The minimum atomic E-state index is 0.0581. The summed E-state index contributed by atoms with van der Waals surface area (Å²) in [5, 5.41) is 2.99. The molecule has 110 valence electrons. The van der Waals surface area contributed by atoms with Gasteiger partial charge in [0, 0.05) is 18.3 Å². The predicted octanol–water partition coefficient (Wildman–Crippen LogP) is 1.86. The molecule has 0 bridgehead atoms. The smallest absolute Gasteiger partial charge is 0.238 e. The Bertz CT molecular complexity index is 461. The Hall–Kier alpha value is -1.39. The van der Waals surface area contributed by atoms with Crippen LogP contribution in [0.5, 0.6) is 0 Å². The summed E-state index contributed by atoms with van der Waals surface area (Å²) in [5.74, 6) is 0.587. The number of nitrogens with zero attached hydrogens (tertiary/aromatic N) is 1. The summed E-state index contributed by atoms with van der Waals surface area (Å²) < 4.78 is 0. The lowest BCUT2D eigenvalue weighted by atomic mass is 10.1. The molecule has 1 saturated heterocycles. The minimum Gasteiger partial charge on any atom is -0.330 e. The zero-order valence-electron chi connectivity index (χ0n) is 12.4. The molecule has 1 aromatic carbocycles. The molecule has 0 radical (unpaired) electrons. The van der Waals surface area contributed by atoms with Crippen LogP contribution in [0, 0.1) is 5.92 Å². The highest BCUT2D eigenvalue weighted by Gasteiger charge is 2.29. The van der Waals surface area contributed by atoms with E-state index in [4.69, 9.17) is 5.73 Å². The van der Waals surface area contributed by atoms with Gasteiger partial charge in [0.2, 0.25) is 5.91 Å². The number of likely N-dealkylation sites (tertiary alicyclic amines) is 1. The van der Waals surface area contributed by atoms with Crippen LogP contribution in [0.1, 0.15) is 25.8 Å². The number of aryl methyl sites for hydroxylation is 1. The maximum atomic E-state index is 12.1. The van der Waals surface area contributed by atoms with Crippen LogP contribution in [0.2, 0.25) is 0 Å². The van der Waals surface area contributed by atoms with Crippen molar-refractivity contribution in [2.24, 2.45) is 11.7 Å². The average molecular weight is 275 g/mol. The van der Waals surface area contributed by atoms with Gasteiger partial charge in [0.05, 0.1) is 6.54 Å². The number of amides is 1. The molecule has 20 heavy (non-hydrogen) atoms. The summed E-state index contributed by atoms with van der Waals surface area (Å²) in [5.41, 5.74) is 7.84. The van der Waals surface area contributed by atoms with Gasteiger partial charge in [-0.1, -0.05) is 19.1 Å². The monoisotopic (exact) mass is 275 g/mol. The second-order valence-corrected chi connectivity index (χ2v) is 5.72. The normalized spacial score (nSPS) is 22.9. The molecule has 1 fully saturated rings. The lowest BCUT2D eigenvalue weighted by molar-refractivity contribution is -0.117. The summed E-state index contributed by atoms with van der Waals surface area (Å²) in [6.45, 7) is 6.37. The third kappa shape index (κ3) is 3.81. The van der Waals surface area contributed by atoms with E-state index < -0.39 is 0 Å². The standard InChI is InChI=1S/C16H25N3O/c1-3-13-5-4-6-15(8-13)18-16(20)11-19-10-14(9-17)7-12(19)2/h4-6,8,12,14H,3,7,9-11,17H2,1-2H3,(H,18,20). The zero-order valence-corrected chi connectivity index (χ0v) is 12.4. The van der Waals surface area contributed by atoms with Crippen LogP contribution in [-0.4, -0.2) is 36.5 Å². The van der Waals surface area contributed by atoms with E-state index in [1.165, 1.54) is 5.56 Å². The van der Waals surface area contributed by atoms with E-state index in [-0.39, 0.29) is 5.91 Å². The molecule has 4 heteroatoms. The fourth-order valence-electron chi connectivity index (χ4n) is 2.86. The van der Waals surface area contributed by atoms with Crippen molar-refractivity contribution in [2.45, 2.75) is 32.7 Å². The van der Waals surface area contributed by atoms with Crippen molar-refractivity contribution in [3.63, 3.8) is 0 Å². The van der Waals surface area contributed by atoms with Crippen molar-refractivity contribution in [3.05, 3.63) is 29.8 Å². The Morgan fingerprint density at radius 1 is 1.50 bits per heavy atom. The Labute approximate surface area is 121 Å². The summed E-state index contributed by atoms with van der Waals surface area (Å²) in [7, 11) is 0. The molecule has 0 aromatic heterocycles. The highest BCUT2D eigenvalue weighted by molar-refractivity contribution is 5.92. The molecular weight excluding hydrogens is 250 g/mol. The third-order valence-electron chi connectivity index (χ3n) is 4.09. The van der Waals surface area contributed by atoms with Gasteiger partial charge in [-0.2, -0.15) is 0 Å². The van der Waals surface area contributed by atoms with Crippen molar-refractivity contribution in [3.8, 4) is 0 Å². The number of carbonyl (C=O) groups excluding carboxylic acids is 1. The molecule has 0 aliphatic carbocycles. The number of hydrogen-bond donors (Lipinski definition) is 2. The van der Waals surface area contributed by atoms with Crippen LogP contribution in [0.25, 0.3) is 0 Å². The fraction of sp³-hybridized carbons (Fsp3) is 0.562. The number of nitrogens with one attached hydrogen (secondary N) is 1. The molecule has 3 N–H and O–H groups in total. The maximum Gasteiger partial charge on any atom is 0.238 e. The molecule has 0 spiro atoms. The van der Waals surface area contributed by atoms with Crippen LogP contribution in [0.3, 0.4) is 0 Å². The highest BCUT2D eigenvalue weighted by atomic mass is 16.2. The van der Waals surface area contributed by atoms with Gasteiger partial charge in [0.25, 0.3) is 0 Å². The second-order valence-electron chi connectivity index (χ2n) is 5.72. The van der Waals surface area contributed by atoms with Crippen LogP contribution >= 0.6 is 0 Å². The molecule has 1 aliphatic heterocycles. The first-order valence-electron chi connectivity index (χ1n) is 7.45. The van der Waals surface area contributed by atoms with Gasteiger partial charge in [0.1, 0.15) is 0 Å². The lowest BCUT2D eigenvalue weighted by Crippen LogP contribution is -2.36. The van der Waals surface area contributed by atoms with E-state index >= 15 is 0 Å². The Kier molecular flexibility index (Phi) is 5.15. The number of anilines is 1. The molecule has 4 nitrogen and oxygen atoms in total. The van der Waals surface area contributed by atoms with E-state index in [0.29, 0.717) is 25.0 Å². The quantitative estimate of drug-likeness (QED) is 0.862. The topological polar surface area (TPSA) is 58.4 Å². The van der Waals surface area contributed by atoms with Crippen LogP contribution in [0.4, 0.5) is 5.69 Å².